The number of carbonyl (C=O) groups excluding carboxylic acids is 1. The maximum Gasteiger partial charge on any atom is 0.254 e. The summed E-state index contributed by atoms with van der Waals surface area (Å²) in [5.74, 6) is -0.275. The Morgan fingerprint density at radius 2 is 1.90 bits per heavy atom. The van der Waals surface area contributed by atoms with Crippen LogP contribution in [0.3, 0.4) is 0 Å². The van der Waals surface area contributed by atoms with Crippen molar-refractivity contribution in [3.8, 4) is 5.75 Å². The fourth-order valence-corrected chi connectivity index (χ4v) is 2.77. The summed E-state index contributed by atoms with van der Waals surface area (Å²) in [4.78, 5) is 15.3. The van der Waals surface area contributed by atoms with E-state index in [0.29, 0.717) is 5.56 Å². The topological polar surface area (TPSA) is 29.5 Å². The number of halogens is 1. The van der Waals surface area contributed by atoms with Crippen LogP contribution in [0.2, 0.25) is 0 Å². The minimum absolute atomic E-state index is 0.0628. The fraction of sp³-hybridized carbons (Fsp3) is 0.188. The Kier molecular flexibility index (Phi) is 4.85. The number of rotatable bonds is 4. The molecular weight excluding hydrogens is 289 g/mol. The number of carbonyl (C=O) groups is 1. The van der Waals surface area contributed by atoms with Crippen LogP contribution in [0.4, 0.5) is 4.39 Å². The lowest BCUT2D eigenvalue weighted by Gasteiger charge is -2.14. The van der Waals surface area contributed by atoms with E-state index in [1.54, 1.807) is 32.3 Å². The molecule has 0 aliphatic heterocycles. The first-order valence-corrected chi connectivity index (χ1v) is 7.16. The third-order valence-corrected chi connectivity index (χ3v) is 3.94. The summed E-state index contributed by atoms with van der Waals surface area (Å²) in [5.41, 5.74) is 0.621. The first-order valence-electron chi connectivity index (χ1n) is 6.35. The molecule has 0 radical (unpaired) electrons. The van der Waals surface area contributed by atoms with E-state index in [1.807, 2.05) is 18.2 Å². The maximum atomic E-state index is 13.4. The molecule has 0 heterocycles. The van der Waals surface area contributed by atoms with Crippen LogP contribution in [0.5, 0.6) is 5.75 Å². The zero-order chi connectivity index (χ0) is 15.4. The molecule has 2 rings (SSSR count). The third kappa shape index (κ3) is 3.55. The minimum atomic E-state index is -0.403. The lowest BCUT2D eigenvalue weighted by atomic mass is 10.2. The van der Waals surface area contributed by atoms with E-state index in [4.69, 9.17) is 4.74 Å². The third-order valence-electron chi connectivity index (χ3n) is 2.87. The van der Waals surface area contributed by atoms with Gasteiger partial charge in [0.2, 0.25) is 0 Å². The highest BCUT2D eigenvalue weighted by atomic mass is 32.2. The van der Waals surface area contributed by atoms with Gasteiger partial charge < -0.3 is 9.64 Å². The van der Waals surface area contributed by atoms with Gasteiger partial charge in [0, 0.05) is 23.9 Å². The molecule has 0 saturated carbocycles. The standard InChI is InChI=1S/C16H16FNO2S/c1-18(2)16(19)12-6-4-5-7-15(12)21-11-8-9-13(17)14(10-11)20-3/h4-10H,1-3H3. The number of benzene rings is 2. The maximum absolute atomic E-state index is 13.4. The molecule has 0 unspecified atom stereocenters. The Balaban J connectivity index is 2.34. The molecule has 2 aromatic carbocycles. The number of amides is 1. The van der Waals surface area contributed by atoms with Crippen molar-refractivity contribution in [2.75, 3.05) is 21.2 Å². The van der Waals surface area contributed by atoms with E-state index < -0.39 is 5.82 Å². The Bertz CT molecular complexity index is 658. The summed E-state index contributed by atoms with van der Waals surface area (Å²) < 4.78 is 18.4. The van der Waals surface area contributed by atoms with Gasteiger partial charge >= 0.3 is 0 Å². The second kappa shape index (κ2) is 6.63. The fourth-order valence-electron chi connectivity index (χ4n) is 1.80. The lowest BCUT2D eigenvalue weighted by molar-refractivity contribution is 0.0824. The molecule has 0 fully saturated rings. The number of hydrogen-bond acceptors (Lipinski definition) is 3. The largest absolute Gasteiger partial charge is 0.494 e. The molecule has 0 spiro atoms. The van der Waals surface area contributed by atoms with Crippen molar-refractivity contribution in [3.63, 3.8) is 0 Å². The van der Waals surface area contributed by atoms with E-state index in [1.165, 1.54) is 29.8 Å². The van der Waals surface area contributed by atoms with Crippen LogP contribution in [-0.2, 0) is 0 Å². The quantitative estimate of drug-likeness (QED) is 0.863. The normalized spacial score (nSPS) is 10.3. The highest BCUT2D eigenvalue weighted by molar-refractivity contribution is 7.99. The van der Waals surface area contributed by atoms with Crippen molar-refractivity contribution >= 4 is 17.7 Å². The molecule has 0 aliphatic rings. The van der Waals surface area contributed by atoms with E-state index in [0.717, 1.165) is 9.79 Å². The van der Waals surface area contributed by atoms with Crippen LogP contribution in [0.15, 0.2) is 52.3 Å². The summed E-state index contributed by atoms with van der Waals surface area (Å²) in [6, 6.07) is 12.0. The van der Waals surface area contributed by atoms with Gasteiger partial charge in [-0.1, -0.05) is 23.9 Å². The van der Waals surface area contributed by atoms with Gasteiger partial charge in [0.05, 0.1) is 12.7 Å². The molecule has 5 heteroatoms. The van der Waals surface area contributed by atoms with E-state index in [-0.39, 0.29) is 11.7 Å². The van der Waals surface area contributed by atoms with Gasteiger partial charge in [0.15, 0.2) is 11.6 Å². The molecule has 110 valence electrons. The number of nitrogens with zero attached hydrogens (tertiary/aromatic N) is 1. The first-order chi connectivity index (χ1) is 10.0. The SMILES string of the molecule is COc1cc(Sc2ccccc2C(=O)N(C)C)ccc1F. The van der Waals surface area contributed by atoms with Crippen molar-refractivity contribution < 1.29 is 13.9 Å². The number of hydrogen-bond donors (Lipinski definition) is 0. The molecule has 1 amide bonds. The summed E-state index contributed by atoms with van der Waals surface area (Å²) in [6.07, 6.45) is 0. The smallest absolute Gasteiger partial charge is 0.254 e. The van der Waals surface area contributed by atoms with Gasteiger partial charge in [-0.25, -0.2) is 4.39 Å². The van der Waals surface area contributed by atoms with Crippen molar-refractivity contribution in [1.82, 2.24) is 4.90 Å². The van der Waals surface area contributed by atoms with Crippen LogP contribution in [0.25, 0.3) is 0 Å². The average molecular weight is 305 g/mol. The van der Waals surface area contributed by atoms with E-state index in [2.05, 4.69) is 0 Å². The summed E-state index contributed by atoms with van der Waals surface area (Å²) >= 11 is 1.40. The Morgan fingerprint density at radius 3 is 2.57 bits per heavy atom. The Morgan fingerprint density at radius 1 is 1.19 bits per heavy atom. The zero-order valence-corrected chi connectivity index (χ0v) is 12.9. The molecule has 0 aliphatic carbocycles. The summed E-state index contributed by atoms with van der Waals surface area (Å²) in [7, 11) is 4.85. The van der Waals surface area contributed by atoms with E-state index >= 15 is 0 Å². The summed E-state index contributed by atoms with van der Waals surface area (Å²) in [5, 5.41) is 0. The van der Waals surface area contributed by atoms with Crippen LogP contribution >= 0.6 is 11.8 Å². The van der Waals surface area contributed by atoms with Gasteiger partial charge in [-0.15, -0.1) is 0 Å². The molecule has 0 saturated heterocycles. The van der Waals surface area contributed by atoms with Gasteiger partial charge in [-0.3, -0.25) is 4.79 Å². The molecule has 2 aromatic rings. The van der Waals surface area contributed by atoms with Crippen LogP contribution < -0.4 is 4.74 Å². The molecule has 0 bridgehead atoms. The van der Waals surface area contributed by atoms with Crippen molar-refractivity contribution in [3.05, 3.63) is 53.8 Å². The van der Waals surface area contributed by atoms with Crippen LogP contribution in [-0.4, -0.2) is 32.0 Å². The molecule has 21 heavy (non-hydrogen) atoms. The number of methoxy groups -OCH3 is 1. The predicted molar refractivity (Wildman–Crippen MR) is 81.5 cm³/mol. The van der Waals surface area contributed by atoms with Crippen molar-refractivity contribution in [1.29, 1.82) is 0 Å². The molecular formula is C16H16FNO2S. The monoisotopic (exact) mass is 305 g/mol. The van der Waals surface area contributed by atoms with Gasteiger partial charge in [-0.05, 0) is 30.3 Å². The van der Waals surface area contributed by atoms with Gasteiger partial charge in [0.1, 0.15) is 0 Å². The molecule has 0 aromatic heterocycles. The molecule has 3 nitrogen and oxygen atoms in total. The zero-order valence-electron chi connectivity index (χ0n) is 12.1. The van der Waals surface area contributed by atoms with Crippen molar-refractivity contribution in [2.45, 2.75) is 9.79 Å². The van der Waals surface area contributed by atoms with Crippen molar-refractivity contribution in [2.24, 2.45) is 0 Å². The Labute approximate surface area is 127 Å². The predicted octanol–water partition coefficient (Wildman–Crippen LogP) is 3.69. The van der Waals surface area contributed by atoms with Crippen LogP contribution in [0, 0.1) is 5.82 Å². The second-order valence-corrected chi connectivity index (χ2v) is 5.71. The number of ether oxygens (including phenoxy) is 1. The molecule has 0 N–H and O–H groups in total. The molecule has 0 atom stereocenters. The highest BCUT2D eigenvalue weighted by Gasteiger charge is 2.14. The minimum Gasteiger partial charge on any atom is -0.494 e. The van der Waals surface area contributed by atoms with Crippen LogP contribution in [0.1, 0.15) is 10.4 Å². The van der Waals surface area contributed by atoms with Gasteiger partial charge in [0.25, 0.3) is 5.91 Å². The van der Waals surface area contributed by atoms with E-state index in [9.17, 15) is 9.18 Å². The lowest BCUT2D eigenvalue weighted by Crippen LogP contribution is -2.22. The Hall–Kier alpha value is -2.01. The first kappa shape index (κ1) is 15.4. The second-order valence-electron chi connectivity index (χ2n) is 4.59. The average Bonchev–Trinajstić information content (AvgIpc) is 2.49. The van der Waals surface area contributed by atoms with Gasteiger partial charge in [-0.2, -0.15) is 0 Å². The highest BCUT2D eigenvalue weighted by Crippen LogP contribution is 2.33. The summed E-state index contributed by atoms with van der Waals surface area (Å²) in [6.45, 7) is 0.